The van der Waals surface area contributed by atoms with Gasteiger partial charge in [0.15, 0.2) is 0 Å². The maximum atomic E-state index is 12.9. The van der Waals surface area contributed by atoms with Crippen molar-refractivity contribution in [3.63, 3.8) is 0 Å². The van der Waals surface area contributed by atoms with Crippen molar-refractivity contribution in [2.24, 2.45) is 5.73 Å². The van der Waals surface area contributed by atoms with Crippen LogP contribution < -0.4 is 11.1 Å². The van der Waals surface area contributed by atoms with Crippen LogP contribution >= 0.6 is 0 Å². The van der Waals surface area contributed by atoms with Crippen molar-refractivity contribution in [3.8, 4) is 0 Å². The zero-order valence-corrected chi connectivity index (χ0v) is 9.90. The lowest BCUT2D eigenvalue weighted by Crippen LogP contribution is -2.49. The Morgan fingerprint density at radius 1 is 1.59 bits per heavy atom. The fourth-order valence-corrected chi connectivity index (χ4v) is 1.25. The molecule has 17 heavy (non-hydrogen) atoms. The van der Waals surface area contributed by atoms with E-state index in [0.29, 0.717) is 5.56 Å². The van der Waals surface area contributed by atoms with E-state index in [9.17, 15) is 14.3 Å². The fraction of sp³-hybridized carbons (Fsp3) is 0.417. The van der Waals surface area contributed by atoms with Crippen LogP contribution in [-0.2, 0) is 4.79 Å². The van der Waals surface area contributed by atoms with Crippen molar-refractivity contribution >= 4 is 5.91 Å². The molecule has 0 fully saturated rings. The van der Waals surface area contributed by atoms with Crippen LogP contribution in [0.3, 0.4) is 0 Å². The van der Waals surface area contributed by atoms with Gasteiger partial charge in [0.05, 0.1) is 11.6 Å². The SMILES string of the molecule is CC(C)(N)C(=O)NCC(O)c1cccc(F)c1. The van der Waals surface area contributed by atoms with Crippen molar-refractivity contribution in [1.82, 2.24) is 5.32 Å². The number of carbonyl (C=O) groups excluding carboxylic acids is 1. The Morgan fingerprint density at radius 3 is 2.76 bits per heavy atom. The number of amides is 1. The highest BCUT2D eigenvalue weighted by molar-refractivity contribution is 5.85. The standard InChI is InChI=1S/C12H17FN2O2/c1-12(2,14)11(17)15-7-10(16)8-4-3-5-9(13)6-8/h3-6,10,16H,7,14H2,1-2H3,(H,15,17). The maximum absolute atomic E-state index is 12.9. The summed E-state index contributed by atoms with van der Waals surface area (Å²) in [6.07, 6.45) is -0.947. The molecule has 1 aromatic rings. The molecule has 1 unspecified atom stereocenters. The van der Waals surface area contributed by atoms with Gasteiger partial charge in [-0.05, 0) is 31.5 Å². The molecule has 94 valence electrons. The molecular formula is C12H17FN2O2. The van der Waals surface area contributed by atoms with Crippen molar-refractivity contribution in [2.45, 2.75) is 25.5 Å². The molecule has 0 spiro atoms. The summed E-state index contributed by atoms with van der Waals surface area (Å²) < 4.78 is 12.9. The summed E-state index contributed by atoms with van der Waals surface area (Å²) in [4.78, 5) is 11.4. The Labute approximate surface area is 99.6 Å². The van der Waals surface area contributed by atoms with Crippen LogP contribution in [0.25, 0.3) is 0 Å². The van der Waals surface area contributed by atoms with Gasteiger partial charge in [-0.2, -0.15) is 0 Å². The number of nitrogens with one attached hydrogen (secondary N) is 1. The van der Waals surface area contributed by atoms with Gasteiger partial charge < -0.3 is 16.2 Å². The highest BCUT2D eigenvalue weighted by atomic mass is 19.1. The maximum Gasteiger partial charge on any atom is 0.239 e. The van der Waals surface area contributed by atoms with Crippen LogP contribution in [0.4, 0.5) is 4.39 Å². The second-order valence-electron chi connectivity index (χ2n) is 4.50. The summed E-state index contributed by atoms with van der Waals surface area (Å²) in [6, 6.07) is 5.61. The minimum Gasteiger partial charge on any atom is -0.387 e. The lowest BCUT2D eigenvalue weighted by molar-refractivity contribution is -0.125. The fourth-order valence-electron chi connectivity index (χ4n) is 1.25. The van der Waals surface area contributed by atoms with E-state index in [1.54, 1.807) is 19.9 Å². The van der Waals surface area contributed by atoms with Gasteiger partial charge in [-0.25, -0.2) is 4.39 Å². The number of hydrogen-bond acceptors (Lipinski definition) is 3. The second kappa shape index (κ2) is 5.25. The van der Waals surface area contributed by atoms with E-state index >= 15 is 0 Å². The van der Waals surface area contributed by atoms with Crippen LogP contribution in [0.2, 0.25) is 0 Å². The summed E-state index contributed by atoms with van der Waals surface area (Å²) in [5.41, 5.74) is 4.99. The molecule has 1 aromatic carbocycles. The van der Waals surface area contributed by atoms with Crippen LogP contribution in [0.5, 0.6) is 0 Å². The third-order valence-electron chi connectivity index (χ3n) is 2.27. The van der Waals surface area contributed by atoms with Gasteiger partial charge in [0, 0.05) is 6.54 Å². The zero-order chi connectivity index (χ0) is 13.1. The molecule has 4 nitrogen and oxygen atoms in total. The smallest absolute Gasteiger partial charge is 0.239 e. The van der Waals surface area contributed by atoms with Gasteiger partial charge >= 0.3 is 0 Å². The van der Waals surface area contributed by atoms with Gasteiger partial charge in [0.2, 0.25) is 5.91 Å². The summed E-state index contributed by atoms with van der Waals surface area (Å²) in [5, 5.41) is 12.2. The average Bonchev–Trinajstić information content (AvgIpc) is 2.24. The Hall–Kier alpha value is -1.46. The van der Waals surface area contributed by atoms with Gasteiger partial charge in [-0.15, -0.1) is 0 Å². The molecule has 0 saturated heterocycles. The minimum atomic E-state index is -0.998. The lowest BCUT2D eigenvalue weighted by Gasteiger charge is -2.19. The Bertz CT molecular complexity index is 402. The molecule has 0 aliphatic rings. The number of aliphatic hydroxyl groups excluding tert-OH is 1. The van der Waals surface area contributed by atoms with Gasteiger partial charge in [0.1, 0.15) is 5.82 Å². The largest absolute Gasteiger partial charge is 0.387 e. The Balaban J connectivity index is 2.56. The third-order valence-corrected chi connectivity index (χ3v) is 2.27. The molecule has 0 aromatic heterocycles. The highest BCUT2D eigenvalue weighted by Gasteiger charge is 2.22. The second-order valence-corrected chi connectivity index (χ2v) is 4.50. The molecular weight excluding hydrogens is 223 g/mol. The summed E-state index contributed by atoms with van der Waals surface area (Å²) >= 11 is 0. The number of halogens is 1. The summed E-state index contributed by atoms with van der Waals surface area (Å²) in [5.74, 6) is -0.792. The normalized spacial score (nSPS) is 13.2. The van der Waals surface area contributed by atoms with Gasteiger partial charge in [-0.1, -0.05) is 12.1 Å². The predicted molar refractivity (Wildman–Crippen MR) is 62.6 cm³/mol. The number of rotatable bonds is 4. The number of aliphatic hydroxyl groups is 1. The topological polar surface area (TPSA) is 75.4 Å². The molecule has 4 N–H and O–H groups in total. The first-order chi connectivity index (χ1) is 7.80. The Morgan fingerprint density at radius 2 is 2.24 bits per heavy atom. The average molecular weight is 240 g/mol. The van der Waals surface area contributed by atoms with E-state index in [1.807, 2.05) is 0 Å². The van der Waals surface area contributed by atoms with Crippen molar-refractivity contribution in [1.29, 1.82) is 0 Å². The number of carbonyl (C=O) groups is 1. The minimum absolute atomic E-state index is 0.00289. The van der Waals surface area contributed by atoms with Gasteiger partial charge in [-0.3, -0.25) is 4.79 Å². The number of hydrogen-bond donors (Lipinski definition) is 3. The van der Waals surface area contributed by atoms with Crippen LogP contribution in [0, 0.1) is 5.82 Å². The van der Waals surface area contributed by atoms with E-state index in [-0.39, 0.29) is 12.5 Å². The van der Waals surface area contributed by atoms with Crippen LogP contribution in [-0.4, -0.2) is 23.1 Å². The van der Waals surface area contributed by atoms with E-state index < -0.39 is 17.5 Å². The molecule has 1 rings (SSSR count). The van der Waals surface area contributed by atoms with Gasteiger partial charge in [0.25, 0.3) is 0 Å². The predicted octanol–water partition coefficient (Wildman–Crippen LogP) is 0.713. The molecule has 0 saturated carbocycles. The monoisotopic (exact) mass is 240 g/mol. The third kappa shape index (κ3) is 4.13. The van der Waals surface area contributed by atoms with E-state index in [2.05, 4.69) is 5.32 Å². The van der Waals surface area contributed by atoms with E-state index in [4.69, 9.17) is 5.73 Å². The molecule has 1 amide bonds. The summed E-state index contributed by atoms with van der Waals surface area (Å²) in [6.45, 7) is 3.14. The molecule has 0 heterocycles. The lowest BCUT2D eigenvalue weighted by atomic mass is 10.1. The Kier molecular flexibility index (Phi) is 4.20. The number of nitrogens with two attached hydrogens (primary N) is 1. The van der Waals surface area contributed by atoms with E-state index in [0.717, 1.165) is 0 Å². The first-order valence-corrected chi connectivity index (χ1v) is 5.31. The molecule has 5 heteroatoms. The summed E-state index contributed by atoms with van der Waals surface area (Å²) in [7, 11) is 0. The first-order valence-electron chi connectivity index (χ1n) is 5.31. The quantitative estimate of drug-likeness (QED) is 0.725. The molecule has 0 bridgehead atoms. The van der Waals surface area contributed by atoms with Crippen molar-refractivity contribution < 1.29 is 14.3 Å². The zero-order valence-electron chi connectivity index (χ0n) is 9.90. The molecule has 1 atom stereocenters. The van der Waals surface area contributed by atoms with Crippen LogP contribution in [0.1, 0.15) is 25.5 Å². The molecule has 0 aliphatic heterocycles. The molecule has 0 radical (unpaired) electrons. The first kappa shape index (κ1) is 13.6. The highest BCUT2D eigenvalue weighted by Crippen LogP contribution is 2.13. The van der Waals surface area contributed by atoms with Crippen molar-refractivity contribution in [3.05, 3.63) is 35.6 Å². The molecule has 0 aliphatic carbocycles. The number of benzene rings is 1. The van der Waals surface area contributed by atoms with E-state index in [1.165, 1.54) is 18.2 Å². The van der Waals surface area contributed by atoms with Crippen LogP contribution in [0.15, 0.2) is 24.3 Å². The van der Waals surface area contributed by atoms with Crippen molar-refractivity contribution in [2.75, 3.05) is 6.54 Å².